The summed E-state index contributed by atoms with van der Waals surface area (Å²) in [7, 11) is 0. The van der Waals surface area contributed by atoms with Crippen LogP contribution in [0.3, 0.4) is 0 Å². The van der Waals surface area contributed by atoms with Gasteiger partial charge in [-0.3, -0.25) is 0 Å². The summed E-state index contributed by atoms with van der Waals surface area (Å²) in [4.78, 5) is 0. The maximum atomic E-state index is 8.52. The van der Waals surface area contributed by atoms with Crippen LogP contribution >= 0.6 is 0 Å². The minimum atomic E-state index is 0.696. The maximum Gasteiger partial charge on any atom is 0.0991 e. The van der Waals surface area contributed by atoms with Gasteiger partial charge in [0.2, 0.25) is 0 Å². The van der Waals surface area contributed by atoms with Gasteiger partial charge in [0.25, 0.3) is 0 Å². The minimum Gasteiger partial charge on any atom is -0.192 e. The summed E-state index contributed by atoms with van der Waals surface area (Å²) in [6.07, 6.45) is 2.69. The summed E-state index contributed by atoms with van der Waals surface area (Å²) in [5.41, 5.74) is 4.57. The van der Waals surface area contributed by atoms with E-state index in [2.05, 4.69) is 18.4 Å². The molecule has 0 saturated heterocycles. The molecule has 0 saturated carbocycles. The van der Waals surface area contributed by atoms with E-state index in [0.29, 0.717) is 5.56 Å². The molecule has 1 nitrogen and oxygen atoms in total. The fraction of sp³-hybridized carbons (Fsp3) is 0.0909. The normalized spacial score (nSPS) is 8.25. The molecule has 0 aliphatic carbocycles. The summed E-state index contributed by atoms with van der Waals surface area (Å²) in [6.45, 7) is 3.48. The minimum absolute atomic E-state index is 0.696. The van der Waals surface area contributed by atoms with Crippen molar-refractivity contribution >= 4 is 0 Å². The fourth-order valence-corrected chi connectivity index (χ4v) is 0.905. The SMILES string of the molecule is C=C=CCc1ccc(C#N)cc1. The van der Waals surface area contributed by atoms with Crippen molar-refractivity contribution in [2.75, 3.05) is 0 Å². The molecule has 0 fully saturated rings. The van der Waals surface area contributed by atoms with Crippen LogP contribution in [0, 0.1) is 11.3 Å². The summed E-state index contributed by atoms with van der Waals surface area (Å²) < 4.78 is 0. The van der Waals surface area contributed by atoms with Crippen molar-refractivity contribution in [3.05, 3.63) is 53.8 Å². The molecule has 1 aromatic carbocycles. The average Bonchev–Trinajstić information content (AvgIpc) is 2.15. The molecule has 0 aliphatic heterocycles. The lowest BCUT2D eigenvalue weighted by atomic mass is 10.1. The zero-order valence-corrected chi connectivity index (χ0v) is 6.75. The Labute approximate surface area is 72.3 Å². The van der Waals surface area contributed by atoms with Gasteiger partial charge in [-0.2, -0.15) is 5.26 Å². The monoisotopic (exact) mass is 155 g/mol. The van der Waals surface area contributed by atoms with Crippen LogP contribution in [0.4, 0.5) is 0 Å². The summed E-state index contributed by atoms with van der Waals surface area (Å²) in [6, 6.07) is 9.57. The average molecular weight is 155 g/mol. The number of hydrogen-bond acceptors (Lipinski definition) is 1. The van der Waals surface area contributed by atoms with Gasteiger partial charge in [0.15, 0.2) is 0 Å². The molecule has 12 heavy (non-hydrogen) atoms. The first-order chi connectivity index (χ1) is 5.86. The van der Waals surface area contributed by atoms with E-state index >= 15 is 0 Å². The molecule has 0 radical (unpaired) electrons. The lowest BCUT2D eigenvalue weighted by molar-refractivity contribution is 1.27. The second-order valence-corrected chi connectivity index (χ2v) is 2.42. The molecule has 1 aromatic rings. The molecule has 1 heteroatoms. The van der Waals surface area contributed by atoms with E-state index in [0.717, 1.165) is 6.42 Å². The molecule has 0 unspecified atom stereocenters. The van der Waals surface area contributed by atoms with Gasteiger partial charge in [0, 0.05) is 0 Å². The summed E-state index contributed by atoms with van der Waals surface area (Å²) >= 11 is 0. The summed E-state index contributed by atoms with van der Waals surface area (Å²) in [5.74, 6) is 0. The first-order valence-corrected chi connectivity index (χ1v) is 3.70. The molecule has 0 atom stereocenters. The Bertz CT molecular complexity index is 334. The van der Waals surface area contributed by atoms with E-state index in [1.807, 2.05) is 30.3 Å². The van der Waals surface area contributed by atoms with E-state index in [1.54, 1.807) is 0 Å². The highest BCUT2D eigenvalue weighted by Crippen LogP contribution is 2.03. The standard InChI is InChI=1S/C11H9N/c1-2-3-4-10-5-7-11(9-12)8-6-10/h3,5-8H,1,4H2. The molecule has 0 N–H and O–H groups in total. The van der Waals surface area contributed by atoms with Crippen molar-refractivity contribution in [2.24, 2.45) is 0 Å². The third-order valence-corrected chi connectivity index (χ3v) is 1.57. The molecular weight excluding hydrogens is 146 g/mol. The van der Waals surface area contributed by atoms with E-state index in [4.69, 9.17) is 5.26 Å². The molecule has 0 amide bonds. The second-order valence-electron chi connectivity index (χ2n) is 2.42. The number of rotatable bonds is 2. The first kappa shape index (κ1) is 8.33. The van der Waals surface area contributed by atoms with Crippen LogP contribution in [0.2, 0.25) is 0 Å². The van der Waals surface area contributed by atoms with Gasteiger partial charge < -0.3 is 0 Å². The zero-order chi connectivity index (χ0) is 8.81. The Morgan fingerprint density at radius 2 is 2.00 bits per heavy atom. The second kappa shape index (κ2) is 4.18. The highest BCUT2D eigenvalue weighted by molar-refractivity contribution is 5.32. The third-order valence-electron chi connectivity index (χ3n) is 1.57. The van der Waals surface area contributed by atoms with Gasteiger partial charge in [-0.1, -0.05) is 18.7 Å². The molecular formula is C11H9N. The molecule has 0 bridgehead atoms. The Morgan fingerprint density at radius 3 is 2.50 bits per heavy atom. The smallest absolute Gasteiger partial charge is 0.0991 e. The van der Waals surface area contributed by atoms with Crippen LogP contribution in [0.5, 0.6) is 0 Å². The number of allylic oxidation sites excluding steroid dienone is 1. The number of hydrogen-bond donors (Lipinski definition) is 0. The van der Waals surface area contributed by atoms with E-state index in [9.17, 15) is 0 Å². The van der Waals surface area contributed by atoms with Gasteiger partial charge in [-0.05, 0) is 30.2 Å². The van der Waals surface area contributed by atoms with Crippen molar-refractivity contribution in [2.45, 2.75) is 6.42 Å². The number of benzene rings is 1. The van der Waals surface area contributed by atoms with Crippen LogP contribution in [0.15, 0.2) is 42.7 Å². The molecule has 0 heterocycles. The third kappa shape index (κ3) is 2.12. The molecule has 0 spiro atoms. The lowest BCUT2D eigenvalue weighted by Crippen LogP contribution is -1.80. The van der Waals surface area contributed by atoms with Gasteiger partial charge in [-0.25, -0.2) is 0 Å². The van der Waals surface area contributed by atoms with E-state index in [-0.39, 0.29) is 0 Å². The summed E-state index contributed by atoms with van der Waals surface area (Å²) in [5, 5.41) is 8.52. The molecule has 1 rings (SSSR count). The topological polar surface area (TPSA) is 23.8 Å². The van der Waals surface area contributed by atoms with Gasteiger partial charge in [0.05, 0.1) is 11.6 Å². The van der Waals surface area contributed by atoms with Crippen LogP contribution < -0.4 is 0 Å². The Kier molecular flexibility index (Phi) is 2.90. The van der Waals surface area contributed by atoms with Crippen LogP contribution in [-0.4, -0.2) is 0 Å². The van der Waals surface area contributed by atoms with Crippen molar-refractivity contribution < 1.29 is 0 Å². The van der Waals surface area contributed by atoms with Crippen molar-refractivity contribution in [3.63, 3.8) is 0 Å². The van der Waals surface area contributed by atoms with Crippen LogP contribution in [0.25, 0.3) is 0 Å². The number of nitrogens with zero attached hydrogens (tertiary/aromatic N) is 1. The van der Waals surface area contributed by atoms with Gasteiger partial charge >= 0.3 is 0 Å². The van der Waals surface area contributed by atoms with Crippen molar-refractivity contribution in [1.29, 1.82) is 5.26 Å². The lowest BCUT2D eigenvalue weighted by Gasteiger charge is -1.93. The Hall–Kier alpha value is -1.77. The quantitative estimate of drug-likeness (QED) is 0.602. The largest absolute Gasteiger partial charge is 0.192 e. The van der Waals surface area contributed by atoms with E-state index < -0.39 is 0 Å². The zero-order valence-electron chi connectivity index (χ0n) is 6.75. The van der Waals surface area contributed by atoms with Crippen LogP contribution in [-0.2, 0) is 6.42 Å². The predicted octanol–water partition coefficient (Wildman–Crippen LogP) is 2.44. The molecule has 0 aliphatic rings. The van der Waals surface area contributed by atoms with Crippen molar-refractivity contribution in [3.8, 4) is 6.07 Å². The molecule has 58 valence electrons. The Balaban J connectivity index is 2.79. The van der Waals surface area contributed by atoms with Crippen molar-refractivity contribution in [1.82, 2.24) is 0 Å². The van der Waals surface area contributed by atoms with Gasteiger partial charge in [0.1, 0.15) is 0 Å². The van der Waals surface area contributed by atoms with Gasteiger partial charge in [-0.15, -0.1) is 5.73 Å². The Morgan fingerprint density at radius 1 is 1.33 bits per heavy atom. The predicted molar refractivity (Wildman–Crippen MR) is 48.6 cm³/mol. The highest BCUT2D eigenvalue weighted by Gasteiger charge is 1.90. The fourth-order valence-electron chi connectivity index (χ4n) is 0.905. The van der Waals surface area contributed by atoms with Crippen LogP contribution in [0.1, 0.15) is 11.1 Å². The maximum absolute atomic E-state index is 8.52. The van der Waals surface area contributed by atoms with E-state index in [1.165, 1.54) is 5.56 Å². The highest BCUT2D eigenvalue weighted by atomic mass is 14.2. The molecule has 0 aromatic heterocycles. The first-order valence-electron chi connectivity index (χ1n) is 3.70. The number of nitriles is 1.